The Morgan fingerprint density at radius 1 is 0.931 bits per heavy atom. The molecule has 2 aromatic carbocycles. The summed E-state index contributed by atoms with van der Waals surface area (Å²) in [6.07, 6.45) is 0. The monoisotopic (exact) mass is 389 g/mol. The molecule has 0 aliphatic carbocycles. The quantitative estimate of drug-likeness (QED) is 0.687. The Morgan fingerprint density at radius 3 is 2.34 bits per heavy atom. The minimum atomic E-state index is 0.660. The number of likely N-dealkylation sites (N-methyl/N-ethyl adjacent to an activating group) is 1. The van der Waals surface area contributed by atoms with Gasteiger partial charge in [0.25, 0.3) is 0 Å². The summed E-state index contributed by atoms with van der Waals surface area (Å²) < 4.78 is 5.53. The minimum Gasteiger partial charge on any atom is -0.494 e. The van der Waals surface area contributed by atoms with Crippen LogP contribution >= 0.6 is 0 Å². The summed E-state index contributed by atoms with van der Waals surface area (Å²) in [5.41, 5.74) is 2.97. The Balaban J connectivity index is 1.64. The molecule has 3 aromatic rings. The summed E-state index contributed by atoms with van der Waals surface area (Å²) in [5.74, 6) is 2.42. The molecule has 0 radical (unpaired) electrons. The first-order chi connectivity index (χ1) is 14.2. The lowest BCUT2D eigenvalue weighted by atomic mass is 10.1. The summed E-state index contributed by atoms with van der Waals surface area (Å²) >= 11 is 0. The van der Waals surface area contributed by atoms with E-state index >= 15 is 0 Å². The average Bonchev–Trinajstić information content (AvgIpc) is 2.76. The molecule has 1 aliphatic rings. The number of hydrogen-bond donors (Lipinski definition) is 1. The van der Waals surface area contributed by atoms with Crippen LogP contribution in [0.5, 0.6) is 5.75 Å². The van der Waals surface area contributed by atoms with Gasteiger partial charge in [0.1, 0.15) is 11.6 Å². The number of piperazine rings is 1. The average molecular weight is 390 g/mol. The summed E-state index contributed by atoms with van der Waals surface area (Å²) in [6.45, 7) is 6.53. The molecular weight excluding hydrogens is 362 g/mol. The standard InChI is InChI=1S/C23H27N5O/c1-3-29-20-11-9-19(10-12-20)24-22-17-21(18-7-5-4-6-8-18)25-23(26-22)28-15-13-27(2)14-16-28/h4-12,17H,3,13-16H2,1-2H3,(H,24,25,26). The molecule has 1 N–H and O–H groups in total. The van der Waals surface area contributed by atoms with E-state index < -0.39 is 0 Å². The zero-order chi connectivity index (χ0) is 20.1. The first-order valence-corrected chi connectivity index (χ1v) is 10.1. The Labute approximate surface area is 172 Å². The van der Waals surface area contributed by atoms with E-state index in [0.29, 0.717) is 6.61 Å². The molecular formula is C23H27N5O. The van der Waals surface area contributed by atoms with Crippen molar-refractivity contribution in [3.8, 4) is 17.0 Å². The van der Waals surface area contributed by atoms with Crippen molar-refractivity contribution in [2.75, 3.05) is 50.1 Å². The molecule has 0 bridgehead atoms. The number of benzene rings is 2. The third-order valence-electron chi connectivity index (χ3n) is 5.01. The smallest absolute Gasteiger partial charge is 0.227 e. The highest BCUT2D eigenvalue weighted by molar-refractivity contribution is 5.67. The largest absolute Gasteiger partial charge is 0.494 e. The summed E-state index contributed by atoms with van der Waals surface area (Å²) in [5, 5.41) is 3.43. The van der Waals surface area contributed by atoms with Gasteiger partial charge in [0.05, 0.1) is 12.3 Å². The molecule has 1 fully saturated rings. The first kappa shape index (κ1) is 19.2. The fourth-order valence-electron chi connectivity index (χ4n) is 3.35. The molecule has 0 unspecified atom stereocenters. The molecule has 6 heteroatoms. The SMILES string of the molecule is CCOc1ccc(Nc2cc(-c3ccccc3)nc(N3CCN(C)CC3)n2)cc1. The van der Waals surface area contributed by atoms with Crippen LogP contribution in [0, 0.1) is 0 Å². The van der Waals surface area contributed by atoms with E-state index in [1.807, 2.05) is 55.5 Å². The van der Waals surface area contributed by atoms with Crippen molar-refractivity contribution in [1.29, 1.82) is 0 Å². The van der Waals surface area contributed by atoms with Gasteiger partial charge in [-0.1, -0.05) is 30.3 Å². The fraction of sp³-hybridized carbons (Fsp3) is 0.304. The van der Waals surface area contributed by atoms with Crippen molar-refractivity contribution < 1.29 is 4.74 Å². The van der Waals surface area contributed by atoms with Crippen molar-refractivity contribution in [1.82, 2.24) is 14.9 Å². The fourth-order valence-corrected chi connectivity index (χ4v) is 3.35. The van der Waals surface area contributed by atoms with Gasteiger partial charge in [-0.25, -0.2) is 4.98 Å². The van der Waals surface area contributed by atoms with Crippen LogP contribution in [0.1, 0.15) is 6.92 Å². The van der Waals surface area contributed by atoms with Crippen molar-refractivity contribution in [3.05, 3.63) is 60.7 Å². The molecule has 0 spiro atoms. The number of anilines is 3. The molecule has 0 atom stereocenters. The van der Waals surface area contributed by atoms with E-state index in [1.165, 1.54) is 0 Å². The number of nitrogens with one attached hydrogen (secondary N) is 1. The lowest BCUT2D eigenvalue weighted by molar-refractivity contribution is 0.311. The third-order valence-corrected chi connectivity index (χ3v) is 5.01. The van der Waals surface area contributed by atoms with Crippen LogP contribution in [0.4, 0.5) is 17.5 Å². The zero-order valence-corrected chi connectivity index (χ0v) is 17.0. The molecule has 1 saturated heterocycles. The minimum absolute atomic E-state index is 0.660. The van der Waals surface area contributed by atoms with Gasteiger partial charge in [0.15, 0.2) is 0 Å². The highest BCUT2D eigenvalue weighted by Gasteiger charge is 2.18. The number of aromatic nitrogens is 2. The second-order valence-corrected chi connectivity index (χ2v) is 7.18. The van der Waals surface area contributed by atoms with Gasteiger partial charge in [-0.05, 0) is 38.2 Å². The summed E-state index contributed by atoms with van der Waals surface area (Å²) in [6, 6.07) is 20.2. The molecule has 29 heavy (non-hydrogen) atoms. The summed E-state index contributed by atoms with van der Waals surface area (Å²) in [4.78, 5) is 14.3. The maximum Gasteiger partial charge on any atom is 0.227 e. The van der Waals surface area contributed by atoms with Crippen LogP contribution in [0.3, 0.4) is 0 Å². The van der Waals surface area contributed by atoms with Gasteiger partial charge < -0.3 is 19.9 Å². The second-order valence-electron chi connectivity index (χ2n) is 7.18. The zero-order valence-electron chi connectivity index (χ0n) is 17.0. The van der Waals surface area contributed by atoms with Crippen LogP contribution in [-0.4, -0.2) is 54.7 Å². The highest BCUT2D eigenvalue weighted by Crippen LogP contribution is 2.26. The third kappa shape index (κ3) is 4.84. The molecule has 1 aliphatic heterocycles. The van der Waals surface area contributed by atoms with E-state index in [0.717, 1.165) is 60.6 Å². The second kappa shape index (κ2) is 8.92. The van der Waals surface area contributed by atoms with Crippen LogP contribution in [0.25, 0.3) is 11.3 Å². The van der Waals surface area contributed by atoms with Crippen LogP contribution in [0.15, 0.2) is 60.7 Å². The van der Waals surface area contributed by atoms with Gasteiger partial charge in [-0.3, -0.25) is 0 Å². The maximum absolute atomic E-state index is 5.53. The first-order valence-electron chi connectivity index (χ1n) is 10.1. The topological polar surface area (TPSA) is 53.5 Å². The van der Waals surface area contributed by atoms with Crippen molar-refractivity contribution in [2.24, 2.45) is 0 Å². The lowest BCUT2D eigenvalue weighted by Crippen LogP contribution is -2.45. The van der Waals surface area contributed by atoms with E-state index in [2.05, 4.69) is 34.3 Å². The van der Waals surface area contributed by atoms with Gasteiger partial charge in [-0.15, -0.1) is 0 Å². The molecule has 0 saturated carbocycles. The number of hydrogen-bond acceptors (Lipinski definition) is 6. The molecule has 2 heterocycles. The number of nitrogens with zero attached hydrogens (tertiary/aromatic N) is 4. The molecule has 1 aromatic heterocycles. The highest BCUT2D eigenvalue weighted by atomic mass is 16.5. The molecule has 150 valence electrons. The van der Waals surface area contributed by atoms with Crippen molar-refractivity contribution in [3.63, 3.8) is 0 Å². The van der Waals surface area contributed by atoms with Gasteiger partial charge in [0, 0.05) is 43.5 Å². The van der Waals surface area contributed by atoms with Crippen LogP contribution < -0.4 is 15.0 Å². The summed E-state index contributed by atoms with van der Waals surface area (Å²) in [7, 11) is 2.15. The van der Waals surface area contributed by atoms with E-state index in [-0.39, 0.29) is 0 Å². The van der Waals surface area contributed by atoms with E-state index in [1.54, 1.807) is 0 Å². The Hall–Kier alpha value is -3.12. The van der Waals surface area contributed by atoms with Crippen LogP contribution in [-0.2, 0) is 0 Å². The molecule has 6 nitrogen and oxygen atoms in total. The van der Waals surface area contributed by atoms with Gasteiger partial charge in [0.2, 0.25) is 5.95 Å². The van der Waals surface area contributed by atoms with Crippen molar-refractivity contribution >= 4 is 17.5 Å². The molecule has 0 amide bonds. The predicted molar refractivity (Wildman–Crippen MR) is 118 cm³/mol. The van der Waals surface area contributed by atoms with Gasteiger partial charge >= 0.3 is 0 Å². The normalized spacial score (nSPS) is 14.6. The maximum atomic E-state index is 5.53. The number of ether oxygens (including phenoxy) is 1. The van der Waals surface area contributed by atoms with Crippen LogP contribution in [0.2, 0.25) is 0 Å². The van der Waals surface area contributed by atoms with Gasteiger partial charge in [-0.2, -0.15) is 4.98 Å². The van der Waals surface area contributed by atoms with Crippen molar-refractivity contribution in [2.45, 2.75) is 6.92 Å². The molecule has 4 rings (SSSR count). The number of rotatable bonds is 6. The van der Waals surface area contributed by atoms with E-state index in [4.69, 9.17) is 14.7 Å². The Morgan fingerprint density at radius 2 is 1.66 bits per heavy atom. The van der Waals surface area contributed by atoms with E-state index in [9.17, 15) is 0 Å². The predicted octanol–water partition coefficient (Wildman–Crippen LogP) is 4.04. The Bertz CT molecular complexity index is 922. The Kier molecular flexibility index (Phi) is 5.91. The lowest BCUT2D eigenvalue weighted by Gasteiger charge is -2.32.